The first-order valence-corrected chi connectivity index (χ1v) is 6.74. The van der Waals surface area contributed by atoms with E-state index in [9.17, 15) is 0 Å². The molecule has 0 aliphatic carbocycles. The van der Waals surface area contributed by atoms with Crippen LogP contribution in [0.5, 0.6) is 0 Å². The third-order valence-corrected chi connectivity index (χ3v) is 4.12. The zero-order valence-corrected chi connectivity index (χ0v) is 10.1. The number of para-hydroxylation sites is 2. The van der Waals surface area contributed by atoms with Crippen LogP contribution in [0.3, 0.4) is 0 Å². The molecule has 1 aliphatic rings. The minimum Gasteiger partial charge on any atom is -0.330 e. The third-order valence-electron chi connectivity index (χ3n) is 3.06. The second kappa shape index (κ2) is 4.11. The van der Waals surface area contributed by atoms with Crippen molar-refractivity contribution in [3.05, 3.63) is 30.1 Å². The zero-order chi connectivity index (χ0) is 11.0. The monoisotopic (exact) mass is 233 g/mol. The van der Waals surface area contributed by atoms with E-state index in [1.807, 2.05) is 17.8 Å². The molecule has 0 saturated carbocycles. The van der Waals surface area contributed by atoms with E-state index in [4.69, 9.17) is 4.98 Å². The molecule has 1 aliphatic heterocycles. The molecule has 1 fully saturated rings. The summed E-state index contributed by atoms with van der Waals surface area (Å²) in [5.41, 5.74) is 2.31. The van der Waals surface area contributed by atoms with E-state index >= 15 is 0 Å². The van der Waals surface area contributed by atoms with Gasteiger partial charge in [0.1, 0.15) is 5.82 Å². The first-order chi connectivity index (χ1) is 7.86. The van der Waals surface area contributed by atoms with Gasteiger partial charge in [-0.1, -0.05) is 12.1 Å². The van der Waals surface area contributed by atoms with Crippen LogP contribution < -0.4 is 5.32 Å². The predicted octanol–water partition coefficient (Wildman–Crippen LogP) is 1.95. The van der Waals surface area contributed by atoms with E-state index in [0.29, 0.717) is 6.04 Å². The molecule has 1 saturated heterocycles. The molecule has 3 rings (SSSR count). The Morgan fingerprint density at radius 1 is 1.44 bits per heavy atom. The second-order valence-corrected chi connectivity index (χ2v) is 5.25. The van der Waals surface area contributed by atoms with Gasteiger partial charge in [0.2, 0.25) is 0 Å². The summed E-state index contributed by atoms with van der Waals surface area (Å²) in [5.74, 6) is 3.49. The van der Waals surface area contributed by atoms with Crippen LogP contribution in [0, 0.1) is 0 Å². The molecule has 1 atom stereocenters. The zero-order valence-electron chi connectivity index (χ0n) is 9.31. The topological polar surface area (TPSA) is 29.9 Å². The number of nitrogens with zero attached hydrogens (tertiary/aromatic N) is 2. The van der Waals surface area contributed by atoms with E-state index < -0.39 is 0 Å². The Kier molecular flexibility index (Phi) is 2.61. The van der Waals surface area contributed by atoms with E-state index in [2.05, 4.69) is 35.1 Å². The van der Waals surface area contributed by atoms with E-state index in [1.54, 1.807) is 0 Å². The highest BCUT2D eigenvalue weighted by molar-refractivity contribution is 7.99. The van der Waals surface area contributed by atoms with E-state index in [0.717, 1.165) is 23.6 Å². The number of fused-ring (bicyclic) bond motifs is 1. The molecule has 4 heteroatoms. The molecule has 0 bridgehead atoms. The molecule has 0 amide bonds. The SMILES string of the molecule is Cn1c(C2CSCCN2)nc2ccccc21. The number of nitrogens with one attached hydrogen (secondary N) is 1. The molecule has 16 heavy (non-hydrogen) atoms. The lowest BCUT2D eigenvalue weighted by Gasteiger charge is -2.22. The fourth-order valence-electron chi connectivity index (χ4n) is 2.21. The van der Waals surface area contributed by atoms with Gasteiger partial charge in [0.05, 0.1) is 17.1 Å². The Balaban J connectivity index is 2.05. The number of imidazole rings is 1. The van der Waals surface area contributed by atoms with Gasteiger partial charge in [-0.05, 0) is 12.1 Å². The molecule has 1 unspecified atom stereocenters. The minimum absolute atomic E-state index is 0.399. The van der Waals surface area contributed by atoms with Crippen molar-refractivity contribution >= 4 is 22.8 Å². The largest absolute Gasteiger partial charge is 0.330 e. The lowest BCUT2D eigenvalue weighted by atomic mass is 10.3. The Labute approximate surface area is 99.2 Å². The van der Waals surface area contributed by atoms with Gasteiger partial charge in [-0.15, -0.1) is 0 Å². The Morgan fingerprint density at radius 2 is 2.31 bits per heavy atom. The molecular weight excluding hydrogens is 218 g/mol. The summed E-state index contributed by atoms with van der Waals surface area (Å²) in [7, 11) is 2.10. The van der Waals surface area contributed by atoms with Crippen molar-refractivity contribution in [2.24, 2.45) is 7.05 Å². The fourth-order valence-corrected chi connectivity index (χ4v) is 3.14. The molecule has 1 aromatic carbocycles. The molecule has 0 spiro atoms. The summed E-state index contributed by atoms with van der Waals surface area (Å²) in [6.45, 7) is 1.08. The summed E-state index contributed by atoms with van der Waals surface area (Å²) in [6, 6.07) is 8.71. The van der Waals surface area contributed by atoms with Crippen LogP contribution in [0.15, 0.2) is 24.3 Å². The highest BCUT2D eigenvalue weighted by atomic mass is 32.2. The molecule has 2 aromatic rings. The summed E-state index contributed by atoms with van der Waals surface area (Å²) < 4.78 is 2.21. The van der Waals surface area contributed by atoms with E-state index in [-0.39, 0.29) is 0 Å². The standard InChI is InChI=1S/C12H15N3S/c1-15-11-5-3-2-4-9(11)14-12(15)10-8-16-7-6-13-10/h2-5,10,13H,6-8H2,1H3. The average molecular weight is 233 g/mol. The van der Waals surface area contributed by atoms with Gasteiger partial charge in [0.25, 0.3) is 0 Å². The number of aryl methyl sites for hydroxylation is 1. The number of hydrogen-bond donors (Lipinski definition) is 1. The number of benzene rings is 1. The Hall–Kier alpha value is -1.00. The summed E-state index contributed by atoms with van der Waals surface area (Å²) >= 11 is 2.00. The fraction of sp³-hybridized carbons (Fsp3) is 0.417. The molecular formula is C12H15N3S. The second-order valence-electron chi connectivity index (χ2n) is 4.10. The van der Waals surface area contributed by atoms with Crippen molar-refractivity contribution in [3.63, 3.8) is 0 Å². The molecule has 1 aromatic heterocycles. The average Bonchev–Trinajstić information content (AvgIpc) is 2.69. The summed E-state index contributed by atoms with van der Waals surface area (Å²) in [6.07, 6.45) is 0. The van der Waals surface area contributed by atoms with Crippen molar-refractivity contribution in [1.82, 2.24) is 14.9 Å². The number of thioether (sulfide) groups is 1. The first kappa shape index (κ1) is 10.2. The van der Waals surface area contributed by atoms with Crippen molar-refractivity contribution in [3.8, 4) is 0 Å². The van der Waals surface area contributed by atoms with Gasteiger partial charge in [-0.2, -0.15) is 11.8 Å². The predicted molar refractivity (Wildman–Crippen MR) is 68.8 cm³/mol. The molecule has 0 radical (unpaired) electrons. The first-order valence-electron chi connectivity index (χ1n) is 5.59. The van der Waals surface area contributed by atoms with Gasteiger partial charge in [-0.25, -0.2) is 4.98 Å². The van der Waals surface area contributed by atoms with Crippen molar-refractivity contribution in [2.75, 3.05) is 18.1 Å². The lowest BCUT2D eigenvalue weighted by Crippen LogP contribution is -2.32. The van der Waals surface area contributed by atoms with Crippen molar-refractivity contribution in [2.45, 2.75) is 6.04 Å². The van der Waals surface area contributed by atoms with Gasteiger partial charge < -0.3 is 9.88 Å². The van der Waals surface area contributed by atoms with Crippen LogP contribution in [0.2, 0.25) is 0 Å². The lowest BCUT2D eigenvalue weighted by molar-refractivity contribution is 0.549. The molecule has 3 nitrogen and oxygen atoms in total. The van der Waals surface area contributed by atoms with Crippen LogP contribution in [-0.4, -0.2) is 27.6 Å². The Morgan fingerprint density at radius 3 is 3.06 bits per heavy atom. The van der Waals surface area contributed by atoms with Crippen molar-refractivity contribution < 1.29 is 0 Å². The minimum atomic E-state index is 0.399. The number of hydrogen-bond acceptors (Lipinski definition) is 3. The maximum Gasteiger partial charge on any atom is 0.127 e. The van der Waals surface area contributed by atoms with E-state index in [1.165, 1.54) is 11.3 Å². The quantitative estimate of drug-likeness (QED) is 0.816. The molecule has 84 valence electrons. The van der Waals surface area contributed by atoms with Crippen LogP contribution in [0.4, 0.5) is 0 Å². The molecule has 2 heterocycles. The number of aromatic nitrogens is 2. The van der Waals surface area contributed by atoms with Crippen LogP contribution in [-0.2, 0) is 7.05 Å². The maximum absolute atomic E-state index is 4.72. The normalized spacial score (nSPS) is 21.4. The van der Waals surface area contributed by atoms with Gasteiger partial charge in [-0.3, -0.25) is 0 Å². The van der Waals surface area contributed by atoms with Gasteiger partial charge in [0, 0.05) is 25.1 Å². The highest BCUT2D eigenvalue weighted by Crippen LogP contribution is 2.24. The summed E-state index contributed by atoms with van der Waals surface area (Å²) in [4.78, 5) is 4.72. The Bertz CT molecular complexity index is 500. The van der Waals surface area contributed by atoms with Crippen LogP contribution >= 0.6 is 11.8 Å². The third kappa shape index (κ3) is 1.62. The molecule has 1 N–H and O–H groups in total. The highest BCUT2D eigenvalue weighted by Gasteiger charge is 2.20. The summed E-state index contributed by atoms with van der Waals surface area (Å²) in [5, 5.41) is 3.53. The number of rotatable bonds is 1. The van der Waals surface area contributed by atoms with Crippen LogP contribution in [0.25, 0.3) is 11.0 Å². The van der Waals surface area contributed by atoms with Gasteiger partial charge >= 0.3 is 0 Å². The van der Waals surface area contributed by atoms with Crippen LogP contribution in [0.1, 0.15) is 11.9 Å². The smallest absolute Gasteiger partial charge is 0.127 e. The van der Waals surface area contributed by atoms with Gasteiger partial charge in [0.15, 0.2) is 0 Å². The maximum atomic E-state index is 4.72. The van der Waals surface area contributed by atoms with Crippen molar-refractivity contribution in [1.29, 1.82) is 0 Å².